The van der Waals surface area contributed by atoms with Crippen molar-refractivity contribution < 1.29 is 19.1 Å². The van der Waals surface area contributed by atoms with Gasteiger partial charge < -0.3 is 14.8 Å². The van der Waals surface area contributed by atoms with Gasteiger partial charge in [-0.1, -0.05) is 0 Å². The molecule has 2 saturated heterocycles. The summed E-state index contributed by atoms with van der Waals surface area (Å²) in [5, 5.41) is 6.05. The average molecular weight is 271 g/mol. The van der Waals surface area contributed by atoms with Crippen LogP contribution >= 0.6 is 0 Å². The summed E-state index contributed by atoms with van der Waals surface area (Å²) >= 11 is 0. The van der Waals surface area contributed by atoms with E-state index in [0.717, 1.165) is 13.1 Å². The maximum Gasteiger partial charge on any atom is 0.309 e. The highest BCUT2D eigenvalue weighted by molar-refractivity contribution is 5.79. The van der Waals surface area contributed by atoms with Crippen LogP contribution in [0.25, 0.3) is 0 Å². The smallest absolute Gasteiger partial charge is 0.309 e. The van der Waals surface area contributed by atoms with Crippen LogP contribution in [0.3, 0.4) is 0 Å². The average Bonchev–Trinajstić information content (AvgIpc) is 2.39. The lowest BCUT2D eigenvalue weighted by Crippen LogP contribution is -2.63. The SMILES string of the molecule is CCOC(=O)CC1NC(=O)CC(N2CCOCC2)N1. The molecular weight excluding hydrogens is 250 g/mol. The molecule has 0 aromatic rings. The topological polar surface area (TPSA) is 79.9 Å². The fourth-order valence-corrected chi connectivity index (χ4v) is 2.38. The van der Waals surface area contributed by atoms with Crippen LogP contribution in [0.2, 0.25) is 0 Å². The van der Waals surface area contributed by atoms with Gasteiger partial charge in [0.25, 0.3) is 0 Å². The van der Waals surface area contributed by atoms with Crippen molar-refractivity contribution in [3.8, 4) is 0 Å². The van der Waals surface area contributed by atoms with Crippen molar-refractivity contribution in [2.24, 2.45) is 0 Å². The predicted molar refractivity (Wildman–Crippen MR) is 67.1 cm³/mol. The molecule has 2 heterocycles. The third kappa shape index (κ3) is 4.15. The Morgan fingerprint density at radius 1 is 1.47 bits per heavy atom. The molecule has 7 heteroatoms. The van der Waals surface area contributed by atoms with Crippen molar-refractivity contribution >= 4 is 11.9 Å². The predicted octanol–water partition coefficient (Wildman–Crippen LogP) is -0.966. The minimum Gasteiger partial charge on any atom is -0.466 e. The summed E-state index contributed by atoms with van der Waals surface area (Å²) < 4.78 is 10.2. The van der Waals surface area contributed by atoms with Gasteiger partial charge in [0.05, 0.1) is 45.0 Å². The van der Waals surface area contributed by atoms with E-state index >= 15 is 0 Å². The summed E-state index contributed by atoms with van der Waals surface area (Å²) in [5.41, 5.74) is 0. The van der Waals surface area contributed by atoms with E-state index < -0.39 is 0 Å². The molecule has 0 aromatic heterocycles. The molecule has 2 aliphatic rings. The summed E-state index contributed by atoms with van der Waals surface area (Å²) in [6.07, 6.45) is 0.171. The van der Waals surface area contributed by atoms with E-state index in [1.165, 1.54) is 0 Å². The lowest BCUT2D eigenvalue weighted by Gasteiger charge is -2.39. The normalized spacial score (nSPS) is 28.8. The summed E-state index contributed by atoms with van der Waals surface area (Å²) in [7, 11) is 0. The van der Waals surface area contributed by atoms with Crippen molar-refractivity contribution in [3.05, 3.63) is 0 Å². The molecule has 2 aliphatic heterocycles. The van der Waals surface area contributed by atoms with Crippen molar-refractivity contribution in [2.45, 2.75) is 32.1 Å². The Balaban J connectivity index is 1.87. The van der Waals surface area contributed by atoms with Crippen molar-refractivity contribution in [2.75, 3.05) is 32.9 Å². The first-order valence-corrected chi connectivity index (χ1v) is 6.72. The zero-order valence-corrected chi connectivity index (χ0v) is 11.2. The van der Waals surface area contributed by atoms with Crippen molar-refractivity contribution in [1.82, 2.24) is 15.5 Å². The number of amides is 1. The van der Waals surface area contributed by atoms with Gasteiger partial charge in [-0.25, -0.2) is 0 Å². The number of hydrogen-bond acceptors (Lipinski definition) is 6. The Labute approximate surface area is 112 Å². The number of nitrogens with one attached hydrogen (secondary N) is 2. The third-order valence-electron chi connectivity index (χ3n) is 3.27. The zero-order chi connectivity index (χ0) is 13.7. The standard InChI is InChI=1S/C12H21N3O4/c1-2-19-12(17)7-9-13-10(8-11(16)14-9)15-3-5-18-6-4-15/h9-10,13H,2-8H2,1H3,(H,14,16). The maximum absolute atomic E-state index is 11.7. The molecule has 1 amide bonds. The Kier molecular flexibility index (Phi) is 5.12. The number of nitrogens with zero attached hydrogens (tertiary/aromatic N) is 1. The van der Waals surface area contributed by atoms with Gasteiger partial charge in [-0.15, -0.1) is 0 Å². The van der Waals surface area contributed by atoms with Gasteiger partial charge in [0.2, 0.25) is 5.91 Å². The van der Waals surface area contributed by atoms with Crippen molar-refractivity contribution in [1.29, 1.82) is 0 Å². The molecule has 0 aromatic carbocycles. The Hall–Kier alpha value is -1.18. The van der Waals surface area contributed by atoms with Crippen LogP contribution in [0, 0.1) is 0 Å². The minimum atomic E-state index is -0.354. The molecule has 0 bridgehead atoms. The monoisotopic (exact) mass is 271 g/mol. The molecule has 2 N–H and O–H groups in total. The number of ether oxygens (including phenoxy) is 2. The quantitative estimate of drug-likeness (QED) is 0.641. The molecule has 0 aliphatic carbocycles. The molecule has 7 nitrogen and oxygen atoms in total. The number of hydrogen-bond donors (Lipinski definition) is 2. The Morgan fingerprint density at radius 2 is 2.21 bits per heavy atom. The molecule has 19 heavy (non-hydrogen) atoms. The van der Waals surface area contributed by atoms with Gasteiger partial charge in [-0.3, -0.25) is 19.8 Å². The van der Waals surface area contributed by atoms with Crippen LogP contribution < -0.4 is 10.6 Å². The number of carbonyl (C=O) groups is 2. The third-order valence-corrected chi connectivity index (χ3v) is 3.27. The Morgan fingerprint density at radius 3 is 2.89 bits per heavy atom. The highest BCUT2D eigenvalue weighted by atomic mass is 16.5. The van der Waals surface area contributed by atoms with E-state index in [-0.39, 0.29) is 30.6 Å². The van der Waals surface area contributed by atoms with Gasteiger partial charge in [-0.05, 0) is 6.92 Å². The second-order valence-corrected chi connectivity index (χ2v) is 4.66. The number of rotatable bonds is 4. The summed E-state index contributed by atoms with van der Waals surface area (Å²) in [6, 6.07) is 0. The summed E-state index contributed by atoms with van der Waals surface area (Å²) in [5.74, 6) is -0.340. The fourth-order valence-electron chi connectivity index (χ4n) is 2.38. The zero-order valence-electron chi connectivity index (χ0n) is 11.2. The summed E-state index contributed by atoms with van der Waals surface area (Å²) in [4.78, 5) is 25.3. The van der Waals surface area contributed by atoms with Gasteiger partial charge in [0, 0.05) is 13.1 Å². The molecule has 0 saturated carbocycles. The largest absolute Gasteiger partial charge is 0.466 e. The van der Waals surface area contributed by atoms with E-state index in [1.54, 1.807) is 6.92 Å². The highest BCUT2D eigenvalue weighted by Gasteiger charge is 2.31. The number of esters is 1. The number of carbonyl (C=O) groups excluding carboxylic acids is 2. The number of morpholine rings is 1. The second kappa shape index (κ2) is 6.83. The first-order valence-electron chi connectivity index (χ1n) is 6.72. The van der Waals surface area contributed by atoms with E-state index in [4.69, 9.17) is 9.47 Å². The molecule has 2 atom stereocenters. The van der Waals surface area contributed by atoms with E-state index in [2.05, 4.69) is 15.5 Å². The van der Waals surface area contributed by atoms with Crippen LogP contribution in [0.5, 0.6) is 0 Å². The lowest BCUT2D eigenvalue weighted by molar-refractivity contribution is -0.144. The fraction of sp³-hybridized carbons (Fsp3) is 0.833. The van der Waals surface area contributed by atoms with Gasteiger partial charge >= 0.3 is 5.97 Å². The van der Waals surface area contributed by atoms with Crippen LogP contribution in [0.1, 0.15) is 19.8 Å². The first kappa shape index (κ1) is 14.2. The van der Waals surface area contributed by atoms with Crippen LogP contribution in [-0.4, -0.2) is 62.0 Å². The van der Waals surface area contributed by atoms with E-state index in [0.29, 0.717) is 26.2 Å². The molecule has 2 rings (SSSR count). The Bertz CT molecular complexity index is 331. The molecule has 0 radical (unpaired) electrons. The van der Waals surface area contributed by atoms with Gasteiger partial charge in [-0.2, -0.15) is 0 Å². The van der Waals surface area contributed by atoms with Crippen LogP contribution in [-0.2, 0) is 19.1 Å². The molecule has 2 unspecified atom stereocenters. The molecule has 0 spiro atoms. The highest BCUT2D eigenvalue weighted by Crippen LogP contribution is 2.11. The molecule has 108 valence electrons. The maximum atomic E-state index is 11.7. The second-order valence-electron chi connectivity index (χ2n) is 4.66. The summed E-state index contributed by atoms with van der Waals surface area (Å²) in [6.45, 7) is 5.09. The van der Waals surface area contributed by atoms with Crippen LogP contribution in [0.15, 0.2) is 0 Å². The van der Waals surface area contributed by atoms with E-state index in [1.807, 2.05) is 0 Å². The molecule has 2 fully saturated rings. The van der Waals surface area contributed by atoms with Crippen molar-refractivity contribution in [3.63, 3.8) is 0 Å². The minimum absolute atomic E-state index is 0.0305. The van der Waals surface area contributed by atoms with Gasteiger partial charge in [0.1, 0.15) is 0 Å². The first-order chi connectivity index (χ1) is 9.19. The molecular formula is C12H21N3O4. The van der Waals surface area contributed by atoms with Gasteiger partial charge in [0.15, 0.2) is 0 Å². The van der Waals surface area contributed by atoms with Crippen LogP contribution in [0.4, 0.5) is 0 Å². The van der Waals surface area contributed by atoms with E-state index in [9.17, 15) is 9.59 Å². The lowest BCUT2D eigenvalue weighted by atomic mass is 10.1.